The van der Waals surface area contributed by atoms with Crippen molar-refractivity contribution in [2.75, 3.05) is 0 Å². The average molecular weight is 356 g/mol. The van der Waals surface area contributed by atoms with Gasteiger partial charge in [-0.05, 0) is 12.1 Å². The SMILES string of the molecule is Cn1c(=O)cc(-n2cc3c(=O)n(C)c4ccccc4c3n2)c2ccccc21. The molecule has 0 atom stereocenters. The highest BCUT2D eigenvalue weighted by Gasteiger charge is 2.15. The molecule has 0 saturated heterocycles. The highest BCUT2D eigenvalue weighted by molar-refractivity contribution is 6.03. The van der Waals surface area contributed by atoms with E-state index in [4.69, 9.17) is 0 Å². The Bertz CT molecular complexity index is 1490. The molecule has 0 radical (unpaired) electrons. The van der Waals surface area contributed by atoms with Crippen molar-refractivity contribution in [2.24, 2.45) is 14.1 Å². The summed E-state index contributed by atoms with van der Waals surface area (Å²) in [5, 5.41) is 7.02. The summed E-state index contributed by atoms with van der Waals surface area (Å²) in [6, 6.07) is 16.9. The maximum absolute atomic E-state index is 12.8. The topological polar surface area (TPSA) is 61.8 Å². The van der Waals surface area contributed by atoms with E-state index in [0.717, 1.165) is 21.8 Å². The average Bonchev–Trinajstić information content (AvgIpc) is 3.14. The van der Waals surface area contributed by atoms with Crippen LogP contribution in [0.2, 0.25) is 0 Å². The molecule has 3 heterocycles. The van der Waals surface area contributed by atoms with Gasteiger partial charge in [0, 0.05) is 37.1 Å². The zero-order chi connectivity index (χ0) is 18.7. The number of fused-ring (bicyclic) bond motifs is 4. The van der Waals surface area contributed by atoms with Gasteiger partial charge in [-0.15, -0.1) is 0 Å². The largest absolute Gasteiger partial charge is 0.311 e. The van der Waals surface area contributed by atoms with Gasteiger partial charge in [0.15, 0.2) is 0 Å². The minimum atomic E-state index is -0.124. The molecule has 0 spiro atoms. The molecule has 0 N–H and O–H groups in total. The predicted octanol–water partition coefficient (Wildman–Crippen LogP) is 2.73. The molecule has 27 heavy (non-hydrogen) atoms. The summed E-state index contributed by atoms with van der Waals surface area (Å²) in [7, 11) is 3.51. The number of hydrogen-bond donors (Lipinski definition) is 0. The van der Waals surface area contributed by atoms with Gasteiger partial charge in [0.1, 0.15) is 5.52 Å². The molecule has 2 aromatic carbocycles. The molecule has 0 unspecified atom stereocenters. The number of nitrogens with zero attached hydrogens (tertiary/aromatic N) is 4. The van der Waals surface area contributed by atoms with Crippen LogP contribution in [0.1, 0.15) is 0 Å². The Morgan fingerprint density at radius 1 is 0.778 bits per heavy atom. The maximum Gasteiger partial charge on any atom is 0.261 e. The molecule has 0 aliphatic rings. The molecule has 132 valence electrons. The lowest BCUT2D eigenvalue weighted by Crippen LogP contribution is -2.18. The summed E-state index contributed by atoms with van der Waals surface area (Å²) in [4.78, 5) is 25.2. The summed E-state index contributed by atoms with van der Waals surface area (Å²) in [6.07, 6.45) is 1.71. The first-order valence-corrected chi connectivity index (χ1v) is 8.62. The Hall–Kier alpha value is -3.67. The quantitative estimate of drug-likeness (QED) is 0.464. The van der Waals surface area contributed by atoms with E-state index < -0.39 is 0 Å². The molecule has 5 aromatic rings. The van der Waals surface area contributed by atoms with Gasteiger partial charge in [-0.25, -0.2) is 4.68 Å². The van der Waals surface area contributed by atoms with Gasteiger partial charge in [0.05, 0.1) is 22.1 Å². The highest BCUT2D eigenvalue weighted by atomic mass is 16.1. The second-order valence-corrected chi connectivity index (χ2v) is 6.66. The normalized spacial score (nSPS) is 11.6. The maximum atomic E-state index is 12.8. The number of pyridine rings is 2. The van der Waals surface area contributed by atoms with Gasteiger partial charge in [0.25, 0.3) is 11.1 Å². The van der Waals surface area contributed by atoms with Gasteiger partial charge < -0.3 is 9.13 Å². The molecule has 6 nitrogen and oxygen atoms in total. The molecule has 0 saturated carbocycles. The smallest absolute Gasteiger partial charge is 0.261 e. The van der Waals surface area contributed by atoms with Crippen molar-refractivity contribution in [2.45, 2.75) is 0 Å². The Morgan fingerprint density at radius 2 is 1.41 bits per heavy atom. The molecule has 3 aromatic heterocycles. The van der Waals surface area contributed by atoms with E-state index in [1.54, 1.807) is 40.2 Å². The van der Waals surface area contributed by atoms with Crippen LogP contribution >= 0.6 is 0 Å². The van der Waals surface area contributed by atoms with Gasteiger partial charge in [-0.2, -0.15) is 5.10 Å². The van der Waals surface area contributed by atoms with Gasteiger partial charge in [0.2, 0.25) is 0 Å². The van der Waals surface area contributed by atoms with Gasteiger partial charge in [-0.1, -0.05) is 36.4 Å². The summed E-state index contributed by atoms with van der Waals surface area (Å²) in [6.45, 7) is 0. The van der Waals surface area contributed by atoms with Crippen LogP contribution in [0, 0.1) is 0 Å². The summed E-state index contributed by atoms with van der Waals surface area (Å²) < 4.78 is 4.88. The van der Waals surface area contributed by atoms with E-state index >= 15 is 0 Å². The second-order valence-electron chi connectivity index (χ2n) is 6.66. The summed E-state index contributed by atoms with van der Waals surface area (Å²) in [5.41, 5.74) is 2.71. The van der Waals surface area contributed by atoms with Crippen molar-refractivity contribution in [1.82, 2.24) is 18.9 Å². The van der Waals surface area contributed by atoms with Crippen LogP contribution in [-0.4, -0.2) is 18.9 Å². The third-order valence-corrected chi connectivity index (χ3v) is 5.15. The van der Waals surface area contributed by atoms with E-state index in [0.29, 0.717) is 16.6 Å². The molecular formula is C21H16N4O2. The highest BCUT2D eigenvalue weighted by Crippen LogP contribution is 2.24. The molecule has 0 amide bonds. The van der Waals surface area contributed by atoms with Crippen molar-refractivity contribution in [3.63, 3.8) is 0 Å². The summed E-state index contributed by atoms with van der Waals surface area (Å²) in [5.74, 6) is 0. The first-order valence-electron chi connectivity index (χ1n) is 8.62. The van der Waals surface area contributed by atoms with Crippen LogP contribution in [0.4, 0.5) is 0 Å². The summed E-state index contributed by atoms with van der Waals surface area (Å²) >= 11 is 0. The van der Waals surface area contributed by atoms with E-state index in [1.165, 1.54) is 0 Å². The number of benzene rings is 2. The molecule has 0 bridgehead atoms. The Balaban J connectivity index is 1.94. The van der Waals surface area contributed by atoms with Crippen LogP contribution in [0.5, 0.6) is 0 Å². The van der Waals surface area contributed by atoms with Crippen molar-refractivity contribution in [3.8, 4) is 5.69 Å². The number of aryl methyl sites for hydroxylation is 2. The van der Waals surface area contributed by atoms with Crippen molar-refractivity contribution < 1.29 is 0 Å². The molecule has 5 rings (SSSR count). The Morgan fingerprint density at radius 3 is 2.15 bits per heavy atom. The van der Waals surface area contributed by atoms with Crippen LogP contribution in [0.25, 0.3) is 38.4 Å². The number of aromatic nitrogens is 4. The van der Waals surface area contributed by atoms with E-state index in [9.17, 15) is 9.59 Å². The minimum Gasteiger partial charge on any atom is -0.311 e. The van der Waals surface area contributed by atoms with Crippen LogP contribution in [-0.2, 0) is 14.1 Å². The van der Waals surface area contributed by atoms with E-state index in [1.807, 2.05) is 48.5 Å². The van der Waals surface area contributed by atoms with E-state index in [2.05, 4.69) is 5.10 Å². The zero-order valence-corrected chi connectivity index (χ0v) is 14.9. The predicted molar refractivity (Wildman–Crippen MR) is 107 cm³/mol. The van der Waals surface area contributed by atoms with Gasteiger partial charge in [-0.3, -0.25) is 9.59 Å². The first kappa shape index (κ1) is 15.6. The van der Waals surface area contributed by atoms with Crippen molar-refractivity contribution in [3.05, 3.63) is 81.5 Å². The first-order chi connectivity index (χ1) is 13.1. The van der Waals surface area contributed by atoms with E-state index in [-0.39, 0.29) is 11.1 Å². The van der Waals surface area contributed by atoms with Crippen LogP contribution in [0.15, 0.2) is 70.4 Å². The Kier molecular flexibility index (Phi) is 3.12. The number of rotatable bonds is 1. The number of hydrogen-bond acceptors (Lipinski definition) is 3. The van der Waals surface area contributed by atoms with Crippen LogP contribution < -0.4 is 11.1 Å². The lowest BCUT2D eigenvalue weighted by atomic mass is 10.1. The third kappa shape index (κ3) is 2.10. The lowest BCUT2D eigenvalue weighted by molar-refractivity contribution is 0.868. The zero-order valence-electron chi connectivity index (χ0n) is 14.9. The Labute approximate surface area is 153 Å². The van der Waals surface area contributed by atoms with Crippen molar-refractivity contribution in [1.29, 1.82) is 0 Å². The minimum absolute atomic E-state index is 0.108. The monoisotopic (exact) mass is 356 g/mol. The molecule has 6 heteroatoms. The number of para-hydroxylation sites is 2. The van der Waals surface area contributed by atoms with Gasteiger partial charge >= 0.3 is 0 Å². The fourth-order valence-electron chi connectivity index (χ4n) is 3.69. The standard InChI is InChI=1S/C21H16N4O2/c1-23-16-9-5-3-7-13(16)18(11-19(23)26)25-12-15-20(22-25)14-8-4-6-10-17(14)24(2)21(15)27/h3-12H,1-2H3. The van der Waals surface area contributed by atoms with Crippen LogP contribution in [0.3, 0.4) is 0 Å². The molecule has 0 aliphatic carbocycles. The molecule has 0 fully saturated rings. The fourth-order valence-corrected chi connectivity index (χ4v) is 3.69. The molecular weight excluding hydrogens is 340 g/mol. The lowest BCUT2D eigenvalue weighted by Gasteiger charge is -2.09. The van der Waals surface area contributed by atoms with Crippen molar-refractivity contribution >= 4 is 32.7 Å². The fraction of sp³-hybridized carbons (Fsp3) is 0.0952. The molecule has 0 aliphatic heterocycles. The third-order valence-electron chi connectivity index (χ3n) is 5.15. The second kappa shape index (κ2) is 5.41.